The quantitative estimate of drug-likeness (QED) is 0.299. The molecule has 0 saturated carbocycles. The van der Waals surface area contributed by atoms with E-state index in [2.05, 4.69) is 16.0 Å². The summed E-state index contributed by atoms with van der Waals surface area (Å²) in [4.78, 5) is 12.9. The van der Waals surface area contributed by atoms with Crippen LogP contribution in [0.25, 0.3) is 0 Å². The standard InChI is InChI=1S/C22H18F3N3OS2/c23-22(24,25)15-5-4-8-18(13-15)26-20(29)14-31-19-11-9-17(10-12-19)28-21(30)27-16-6-2-1-3-7-16/h1-13H,14H2,(H,26,29)(H2,27,28,30). The van der Waals surface area contributed by atoms with Crippen molar-refractivity contribution in [1.82, 2.24) is 0 Å². The van der Waals surface area contributed by atoms with Crippen LogP contribution in [-0.4, -0.2) is 16.8 Å². The number of amides is 1. The first-order valence-electron chi connectivity index (χ1n) is 9.12. The van der Waals surface area contributed by atoms with Gasteiger partial charge in [0.15, 0.2) is 5.11 Å². The van der Waals surface area contributed by atoms with E-state index in [0.29, 0.717) is 5.11 Å². The highest BCUT2D eigenvalue weighted by molar-refractivity contribution is 8.00. The maximum absolute atomic E-state index is 12.8. The van der Waals surface area contributed by atoms with E-state index in [0.717, 1.165) is 28.4 Å². The van der Waals surface area contributed by atoms with E-state index in [4.69, 9.17) is 12.2 Å². The molecule has 0 bridgehead atoms. The molecule has 0 aliphatic heterocycles. The number of thiocarbonyl (C=S) groups is 1. The Morgan fingerprint density at radius 2 is 1.42 bits per heavy atom. The number of carbonyl (C=O) groups excluding carboxylic acids is 1. The fourth-order valence-electron chi connectivity index (χ4n) is 2.57. The van der Waals surface area contributed by atoms with Gasteiger partial charge in [-0.1, -0.05) is 24.3 Å². The normalized spacial score (nSPS) is 10.9. The lowest BCUT2D eigenvalue weighted by Crippen LogP contribution is -2.18. The first-order valence-corrected chi connectivity index (χ1v) is 10.5. The number of carbonyl (C=O) groups is 1. The van der Waals surface area contributed by atoms with Gasteiger partial charge < -0.3 is 16.0 Å². The first kappa shape index (κ1) is 22.6. The number of anilines is 3. The minimum atomic E-state index is -4.45. The summed E-state index contributed by atoms with van der Waals surface area (Å²) >= 11 is 6.56. The molecule has 4 nitrogen and oxygen atoms in total. The number of benzene rings is 3. The van der Waals surface area contributed by atoms with Gasteiger partial charge in [-0.2, -0.15) is 13.2 Å². The van der Waals surface area contributed by atoms with Crippen LogP contribution in [0.1, 0.15) is 5.56 Å². The molecule has 0 aliphatic rings. The molecular weight excluding hydrogens is 443 g/mol. The highest BCUT2D eigenvalue weighted by atomic mass is 32.2. The maximum atomic E-state index is 12.8. The molecule has 0 radical (unpaired) electrons. The topological polar surface area (TPSA) is 53.2 Å². The second-order valence-corrected chi connectivity index (χ2v) is 7.84. The van der Waals surface area contributed by atoms with E-state index >= 15 is 0 Å². The predicted molar refractivity (Wildman–Crippen MR) is 124 cm³/mol. The number of para-hydroxylation sites is 1. The number of thioether (sulfide) groups is 1. The van der Waals surface area contributed by atoms with Crippen molar-refractivity contribution in [3.8, 4) is 0 Å². The van der Waals surface area contributed by atoms with E-state index in [-0.39, 0.29) is 17.3 Å². The Labute approximate surface area is 187 Å². The Bertz CT molecular complexity index is 1040. The van der Waals surface area contributed by atoms with Crippen molar-refractivity contribution >= 4 is 52.1 Å². The lowest BCUT2D eigenvalue weighted by Gasteiger charge is -2.11. The van der Waals surface area contributed by atoms with Gasteiger partial charge in [0.1, 0.15) is 0 Å². The smallest absolute Gasteiger partial charge is 0.332 e. The fourth-order valence-corrected chi connectivity index (χ4v) is 3.50. The monoisotopic (exact) mass is 461 g/mol. The van der Waals surface area contributed by atoms with E-state index in [1.54, 1.807) is 0 Å². The zero-order valence-electron chi connectivity index (χ0n) is 16.1. The number of alkyl halides is 3. The summed E-state index contributed by atoms with van der Waals surface area (Å²) in [7, 11) is 0. The molecule has 0 spiro atoms. The first-order chi connectivity index (χ1) is 14.8. The van der Waals surface area contributed by atoms with Crippen LogP contribution in [-0.2, 0) is 11.0 Å². The molecule has 0 heterocycles. The van der Waals surface area contributed by atoms with Crippen molar-refractivity contribution in [1.29, 1.82) is 0 Å². The molecule has 1 amide bonds. The molecule has 0 atom stereocenters. The lowest BCUT2D eigenvalue weighted by atomic mass is 10.2. The Hall–Kier alpha value is -3.04. The molecule has 3 rings (SSSR count). The third-order valence-electron chi connectivity index (χ3n) is 3.99. The number of halogens is 3. The molecule has 0 fully saturated rings. The van der Waals surface area contributed by atoms with Crippen LogP contribution in [0.4, 0.5) is 30.2 Å². The summed E-state index contributed by atoms with van der Waals surface area (Å²) in [5.74, 6) is -0.323. The van der Waals surface area contributed by atoms with E-state index in [1.165, 1.54) is 23.9 Å². The lowest BCUT2D eigenvalue weighted by molar-refractivity contribution is -0.137. The van der Waals surface area contributed by atoms with Crippen LogP contribution in [0.5, 0.6) is 0 Å². The molecule has 0 aliphatic carbocycles. The Balaban J connectivity index is 1.48. The minimum absolute atomic E-state index is 0.0665. The molecule has 160 valence electrons. The third kappa shape index (κ3) is 7.30. The molecular formula is C22H18F3N3OS2. The van der Waals surface area contributed by atoms with Gasteiger partial charge in [-0.3, -0.25) is 4.79 Å². The molecule has 0 unspecified atom stereocenters. The van der Waals surface area contributed by atoms with Gasteiger partial charge in [-0.25, -0.2) is 0 Å². The van der Waals surface area contributed by atoms with Gasteiger partial charge in [0.2, 0.25) is 5.91 Å². The van der Waals surface area contributed by atoms with Crippen LogP contribution < -0.4 is 16.0 Å². The number of hydrogen-bond acceptors (Lipinski definition) is 3. The molecule has 9 heteroatoms. The molecule has 0 aromatic heterocycles. The van der Waals surface area contributed by atoms with E-state index < -0.39 is 11.7 Å². The predicted octanol–water partition coefficient (Wildman–Crippen LogP) is 6.25. The average Bonchev–Trinajstić information content (AvgIpc) is 2.73. The highest BCUT2D eigenvalue weighted by Gasteiger charge is 2.30. The summed E-state index contributed by atoms with van der Waals surface area (Å²) in [6.07, 6.45) is -4.45. The SMILES string of the molecule is O=C(CSc1ccc(NC(=S)Nc2ccccc2)cc1)Nc1cccc(C(F)(F)F)c1. The summed E-state index contributed by atoms with van der Waals surface area (Å²) in [6.45, 7) is 0. The Morgan fingerprint density at radius 1 is 0.806 bits per heavy atom. The van der Waals surface area contributed by atoms with Gasteiger partial charge in [-0.15, -0.1) is 11.8 Å². The van der Waals surface area contributed by atoms with Gasteiger partial charge in [0.25, 0.3) is 0 Å². The minimum Gasteiger partial charge on any atom is -0.332 e. The van der Waals surface area contributed by atoms with Gasteiger partial charge >= 0.3 is 6.18 Å². The second-order valence-electron chi connectivity index (χ2n) is 6.38. The zero-order valence-corrected chi connectivity index (χ0v) is 17.7. The van der Waals surface area contributed by atoms with Gasteiger partial charge in [-0.05, 0) is 66.8 Å². The molecule has 3 N–H and O–H groups in total. The van der Waals surface area contributed by atoms with Crippen LogP contribution in [0, 0.1) is 0 Å². The number of nitrogens with one attached hydrogen (secondary N) is 3. The molecule has 3 aromatic carbocycles. The zero-order chi connectivity index (χ0) is 22.3. The summed E-state index contributed by atoms with van der Waals surface area (Å²) < 4.78 is 38.3. The maximum Gasteiger partial charge on any atom is 0.416 e. The Kier molecular flexibility index (Phi) is 7.54. The number of hydrogen-bond donors (Lipinski definition) is 3. The number of rotatable bonds is 6. The summed E-state index contributed by atoms with van der Waals surface area (Å²) in [5, 5.41) is 9.08. The van der Waals surface area contributed by atoms with Crippen molar-refractivity contribution in [3.63, 3.8) is 0 Å². The van der Waals surface area contributed by atoms with Crippen LogP contribution in [0.2, 0.25) is 0 Å². The highest BCUT2D eigenvalue weighted by Crippen LogP contribution is 2.30. The fraction of sp³-hybridized carbons (Fsp3) is 0.0909. The van der Waals surface area contributed by atoms with Crippen molar-refractivity contribution in [3.05, 3.63) is 84.4 Å². The van der Waals surface area contributed by atoms with E-state index in [9.17, 15) is 18.0 Å². The summed E-state index contributed by atoms with van der Waals surface area (Å²) in [6, 6.07) is 21.4. The van der Waals surface area contributed by atoms with Crippen molar-refractivity contribution in [2.75, 3.05) is 21.7 Å². The van der Waals surface area contributed by atoms with Crippen molar-refractivity contribution in [2.45, 2.75) is 11.1 Å². The van der Waals surface area contributed by atoms with Gasteiger partial charge in [0.05, 0.1) is 11.3 Å². The van der Waals surface area contributed by atoms with Crippen LogP contribution >= 0.6 is 24.0 Å². The van der Waals surface area contributed by atoms with Crippen molar-refractivity contribution in [2.24, 2.45) is 0 Å². The largest absolute Gasteiger partial charge is 0.416 e. The van der Waals surface area contributed by atoms with Crippen molar-refractivity contribution < 1.29 is 18.0 Å². The van der Waals surface area contributed by atoms with Crippen LogP contribution in [0.3, 0.4) is 0 Å². The molecule has 31 heavy (non-hydrogen) atoms. The molecule has 0 saturated heterocycles. The second kappa shape index (κ2) is 10.3. The summed E-state index contributed by atoms with van der Waals surface area (Å²) in [5.41, 5.74) is 0.963. The Morgan fingerprint density at radius 3 is 2.06 bits per heavy atom. The van der Waals surface area contributed by atoms with E-state index in [1.807, 2.05) is 54.6 Å². The van der Waals surface area contributed by atoms with Gasteiger partial charge in [0, 0.05) is 22.0 Å². The average molecular weight is 462 g/mol. The van der Waals surface area contributed by atoms with Crippen LogP contribution in [0.15, 0.2) is 83.8 Å². The molecule has 3 aromatic rings. The third-order valence-corrected chi connectivity index (χ3v) is 5.20.